The Labute approximate surface area is 176 Å². The second-order valence-electron chi connectivity index (χ2n) is 7.94. The molecule has 1 aromatic heterocycles. The van der Waals surface area contributed by atoms with Crippen LogP contribution < -0.4 is 15.5 Å². The van der Waals surface area contributed by atoms with E-state index in [-0.39, 0.29) is 18.1 Å². The molecule has 29 heavy (non-hydrogen) atoms. The van der Waals surface area contributed by atoms with Crippen molar-refractivity contribution in [2.24, 2.45) is 0 Å². The molecule has 1 saturated heterocycles. The van der Waals surface area contributed by atoms with Gasteiger partial charge in [-0.1, -0.05) is 11.6 Å². The fraction of sp³-hybridized carbons (Fsp3) is 0.500. The Balaban J connectivity index is 1.74. The van der Waals surface area contributed by atoms with Gasteiger partial charge in [0.1, 0.15) is 18.1 Å². The van der Waals surface area contributed by atoms with E-state index in [0.717, 1.165) is 42.9 Å². The molecule has 1 fully saturated rings. The number of hydrogen-bond acceptors (Lipinski definition) is 5. The predicted molar refractivity (Wildman–Crippen MR) is 116 cm³/mol. The number of nitrogens with zero attached hydrogens (tertiary/aromatic N) is 1. The summed E-state index contributed by atoms with van der Waals surface area (Å²) in [5.74, 6) is 0.701. The monoisotopic (exact) mass is 419 g/mol. The average Bonchev–Trinajstić information content (AvgIpc) is 2.65. The molecule has 0 spiro atoms. The van der Waals surface area contributed by atoms with Crippen molar-refractivity contribution in [3.63, 3.8) is 0 Å². The zero-order valence-corrected chi connectivity index (χ0v) is 18.3. The minimum Gasteiger partial charge on any atom is -0.490 e. The number of aryl methyl sites for hydroxylation is 2. The van der Waals surface area contributed by atoms with Gasteiger partial charge in [0.25, 0.3) is 0 Å². The number of aliphatic hydroxyl groups excluding tert-OH is 1. The summed E-state index contributed by atoms with van der Waals surface area (Å²) in [6.07, 6.45) is 1.12. The number of likely N-dealkylation sites (tertiary alicyclic amines) is 1. The Morgan fingerprint density at radius 3 is 2.62 bits per heavy atom. The lowest BCUT2D eigenvalue weighted by Crippen LogP contribution is -2.35. The van der Waals surface area contributed by atoms with E-state index in [1.54, 1.807) is 18.2 Å². The van der Waals surface area contributed by atoms with Crippen LogP contribution in [0.25, 0.3) is 0 Å². The molecule has 2 heterocycles. The highest BCUT2D eigenvalue weighted by atomic mass is 35.5. The number of pyridine rings is 1. The number of piperidine rings is 1. The zero-order valence-electron chi connectivity index (χ0n) is 17.5. The Morgan fingerprint density at radius 2 is 1.97 bits per heavy atom. The quantitative estimate of drug-likeness (QED) is 0.627. The molecule has 1 aliphatic heterocycles. The SMILES string of the molecule is Cc1cc(=O)c(CNC(O)c2cc(Cl)cc(OC3CCN(C)CC3)c2C)c(C)[nH]1. The van der Waals surface area contributed by atoms with Crippen LogP contribution in [0.4, 0.5) is 0 Å². The highest BCUT2D eigenvalue weighted by Gasteiger charge is 2.21. The van der Waals surface area contributed by atoms with Crippen molar-refractivity contribution in [2.75, 3.05) is 20.1 Å². The molecule has 3 rings (SSSR count). The van der Waals surface area contributed by atoms with Gasteiger partial charge in [0.2, 0.25) is 0 Å². The summed E-state index contributed by atoms with van der Waals surface area (Å²) in [5, 5.41) is 14.3. The first-order valence-corrected chi connectivity index (χ1v) is 10.4. The average molecular weight is 420 g/mol. The highest BCUT2D eigenvalue weighted by molar-refractivity contribution is 6.30. The summed E-state index contributed by atoms with van der Waals surface area (Å²) in [6.45, 7) is 7.89. The fourth-order valence-corrected chi connectivity index (χ4v) is 3.98. The van der Waals surface area contributed by atoms with Crippen molar-refractivity contribution < 1.29 is 9.84 Å². The third kappa shape index (κ3) is 5.39. The summed E-state index contributed by atoms with van der Waals surface area (Å²) in [4.78, 5) is 17.7. The van der Waals surface area contributed by atoms with Crippen molar-refractivity contribution in [1.82, 2.24) is 15.2 Å². The molecule has 2 aromatic rings. The zero-order chi connectivity index (χ0) is 21.1. The Kier molecular flexibility index (Phi) is 7.01. The molecule has 0 aliphatic carbocycles. The summed E-state index contributed by atoms with van der Waals surface area (Å²) < 4.78 is 6.22. The number of ether oxygens (including phenoxy) is 1. The minimum atomic E-state index is -0.964. The molecular weight excluding hydrogens is 390 g/mol. The second kappa shape index (κ2) is 9.30. The van der Waals surface area contributed by atoms with Gasteiger partial charge in [0.15, 0.2) is 5.43 Å². The summed E-state index contributed by atoms with van der Waals surface area (Å²) in [7, 11) is 2.11. The summed E-state index contributed by atoms with van der Waals surface area (Å²) in [5.41, 5.74) is 3.68. The van der Waals surface area contributed by atoms with Crippen LogP contribution in [-0.4, -0.2) is 41.2 Å². The predicted octanol–water partition coefficient (Wildman–Crippen LogP) is 3.21. The molecule has 0 saturated carbocycles. The van der Waals surface area contributed by atoms with Gasteiger partial charge in [-0.05, 0) is 58.4 Å². The summed E-state index contributed by atoms with van der Waals surface area (Å²) in [6, 6.07) is 5.11. The van der Waals surface area contributed by atoms with Gasteiger partial charge in [-0.15, -0.1) is 0 Å². The first-order valence-electron chi connectivity index (χ1n) is 10.0. The number of halogens is 1. The molecule has 6 nitrogen and oxygen atoms in total. The number of aromatic amines is 1. The maximum Gasteiger partial charge on any atom is 0.186 e. The van der Waals surface area contributed by atoms with Crippen molar-refractivity contribution in [3.8, 4) is 5.75 Å². The maximum atomic E-state index is 12.2. The maximum absolute atomic E-state index is 12.2. The Morgan fingerprint density at radius 1 is 1.28 bits per heavy atom. The van der Waals surface area contributed by atoms with Gasteiger partial charge < -0.3 is 19.7 Å². The first-order chi connectivity index (χ1) is 13.7. The minimum absolute atomic E-state index is 0.0486. The lowest BCUT2D eigenvalue weighted by molar-refractivity contribution is 0.111. The lowest BCUT2D eigenvalue weighted by atomic mass is 10.0. The van der Waals surface area contributed by atoms with Crippen LogP contribution in [0.2, 0.25) is 5.02 Å². The molecule has 158 valence electrons. The molecule has 1 atom stereocenters. The third-order valence-electron chi connectivity index (χ3n) is 5.57. The fourth-order valence-electron chi connectivity index (χ4n) is 3.77. The Hall–Kier alpha value is -1.86. The van der Waals surface area contributed by atoms with E-state index in [9.17, 15) is 9.90 Å². The first kappa shape index (κ1) is 21.8. The molecule has 7 heteroatoms. The van der Waals surface area contributed by atoms with Crippen LogP contribution in [0.5, 0.6) is 5.75 Å². The number of aromatic nitrogens is 1. The van der Waals surface area contributed by atoms with E-state index in [1.807, 2.05) is 20.8 Å². The van der Waals surface area contributed by atoms with Crippen molar-refractivity contribution in [3.05, 3.63) is 61.5 Å². The lowest BCUT2D eigenvalue weighted by Gasteiger charge is -2.30. The molecule has 3 N–H and O–H groups in total. The molecule has 1 aliphatic rings. The number of nitrogens with one attached hydrogen (secondary N) is 2. The third-order valence-corrected chi connectivity index (χ3v) is 5.79. The van der Waals surface area contributed by atoms with Crippen molar-refractivity contribution in [2.45, 2.75) is 52.5 Å². The van der Waals surface area contributed by atoms with Crippen LogP contribution in [0.15, 0.2) is 23.0 Å². The molecular formula is C22H30ClN3O3. The van der Waals surface area contributed by atoms with Gasteiger partial charge in [-0.3, -0.25) is 10.1 Å². The van der Waals surface area contributed by atoms with E-state index >= 15 is 0 Å². The summed E-state index contributed by atoms with van der Waals surface area (Å²) >= 11 is 6.31. The number of H-pyrrole nitrogens is 1. The van der Waals surface area contributed by atoms with Gasteiger partial charge >= 0.3 is 0 Å². The van der Waals surface area contributed by atoms with Crippen LogP contribution in [0.3, 0.4) is 0 Å². The number of benzene rings is 1. The van der Waals surface area contributed by atoms with Crippen LogP contribution >= 0.6 is 11.6 Å². The van der Waals surface area contributed by atoms with E-state index in [2.05, 4.69) is 22.2 Å². The van der Waals surface area contributed by atoms with E-state index in [1.165, 1.54) is 0 Å². The molecule has 1 unspecified atom stereocenters. The van der Waals surface area contributed by atoms with Crippen LogP contribution in [0, 0.1) is 20.8 Å². The number of rotatable bonds is 6. The number of hydrogen-bond donors (Lipinski definition) is 3. The molecule has 0 radical (unpaired) electrons. The molecule has 1 aromatic carbocycles. The van der Waals surface area contributed by atoms with E-state index < -0.39 is 6.23 Å². The number of aliphatic hydroxyl groups is 1. The van der Waals surface area contributed by atoms with Crippen LogP contribution in [0.1, 0.15) is 47.1 Å². The smallest absolute Gasteiger partial charge is 0.186 e. The topological polar surface area (TPSA) is 77.6 Å². The molecule has 0 bridgehead atoms. The van der Waals surface area contributed by atoms with Gasteiger partial charge in [-0.2, -0.15) is 0 Å². The Bertz CT molecular complexity index is 920. The largest absolute Gasteiger partial charge is 0.490 e. The molecule has 0 amide bonds. The van der Waals surface area contributed by atoms with Crippen molar-refractivity contribution >= 4 is 11.6 Å². The van der Waals surface area contributed by atoms with E-state index in [0.29, 0.717) is 21.9 Å². The van der Waals surface area contributed by atoms with Gasteiger partial charge in [-0.25, -0.2) is 0 Å². The standard InChI is InChI=1S/C22H30ClN3O3/c1-13-9-20(27)19(15(3)25-13)12-24-22(28)18-10-16(23)11-21(14(18)2)29-17-5-7-26(4)8-6-17/h9-11,17,22,24,28H,5-8,12H2,1-4H3,(H,25,27). The second-order valence-corrected chi connectivity index (χ2v) is 8.38. The normalized spacial score (nSPS) is 16.8. The van der Waals surface area contributed by atoms with Crippen LogP contribution in [-0.2, 0) is 6.54 Å². The highest BCUT2D eigenvalue weighted by Crippen LogP contribution is 2.32. The van der Waals surface area contributed by atoms with Gasteiger partial charge in [0.05, 0.1) is 0 Å². The van der Waals surface area contributed by atoms with E-state index in [4.69, 9.17) is 16.3 Å². The van der Waals surface area contributed by atoms with Crippen molar-refractivity contribution in [1.29, 1.82) is 0 Å². The van der Waals surface area contributed by atoms with Gasteiger partial charge in [0, 0.05) is 53.2 Å².